The van der Waals surface area contributed by atoms with Crippen LogP contribution in [0.2, 0.25) is 0 Å². The van der Waals surface area contributed by atoms with Gasteiger partial charge in [-0.25, -0.2) is 9.00 Å². The summed E-state index contributed by atoms with van der Waals surface area (Å²) in [5, 5.41) is 10.5. The number of urea groups is 1. The highest BCUT2D eigenvalue weighted by Gasteiger charge is 2.16. The number of carbonyl (C=O) groups excluding carboxylic acids is 1. The topological polar surface area (TPSA) is 132 Å². The minimum absolute atomic E-state index is 0.0220. The molecule has 178 valence electrons. The molecule has 3 aromatic rings. The Hall–Kier alpha value is -3.69. The van der Waals surface area contributed by atoms with Crippen molar-refractivity contribution in [3.63, 3.8) is 0 Å². The van der Waals surface area contributed by atoms with E-state index >= 15 is 0 Å². The predicted octanol–water partition coefficient (Wildman–Crippen LogP) is 5.02. The summed E-state index contributed by atoms with van der Waals surface area (Å²) in [7, 11) is 0. The number of anilines is 2. The second-order valence-electron chi connectivity index (χ2n) is 7.80. The van der Waals surface area contributed by atoms with Crippen molar-refractivity contribution in [3.8, 4) is 11.1 Å². The molecule has 34 heavy (non-hydrogen) atoms. The van der Waals surface area contributed by atoms with E-state index in [1.165, 1.54) is 0 Å². The molecule has 0 saturated heterocycles. The van der Waals surface area contributed by atoms with Gasteiger partial charge in [-0.15, -0.1) is 0 Å². The van der Waals surface area contributed by atoms with Crippen LogP contribution < -0.4 is 15.8 Å². The van der Waals surface area contributed by atoms with Gasteiger partial charge in [-0.05, 0) is 35.7 Å². The maximum atomic E-state index is 13.1. The first-order valence-corrected chi connectivity index (χ1v) is 12.0. The standard InChI is InChI=1S/C25H29N5O3S/c1-2-3-14-30(17-18-8-7-11-20(15-18)24(26)27)25(31)28-21-12-13-22(19-9-5-4-6-10-19)23(16-21)29-34(32)33/h4-13,15-16,29H,2-3,14,17H2,1H3,(H3,26,27)(H,28,31)(H,32,33). The number of nitrogens with zero attached hydrogens (tertiary/aromatic N) is 1. The zero-order valence-electron chi connectivity index (χ0n) is 19.0. The van der Waals surface area contributed by atoms with Gasteiger partial charge >= 0.3 is 6.03 Å². The molecule has 0 radical (unpaired) electrons. The van der Waals surface area contributed by atoms with Crippen LogP contribution in [0.5, 0.6) is 0 Å². The number of nitrogen functional groups attached to an aromatic ring is 1. The van der Waals surface area contributed by atoms with Crippen molar-refractivity contribution < 1.29 is 13.6 Å². The lowest BCUT2D eigenvalue weighted by Crippen LogP contribution is -2.35. The average Bonchev–Trinajstić information content (AvgIpc) is 2.82. The van der Waals surface area contributed by atoms with Crippen LogP contribution in [0, 0.1) is 5.41 Å². The molecule has 3 aromatic carbocycles. The molecule has 6 N–H and O–H groups in total. The summed E-state index contributed by atoms with van der Waals surface area (Å²) >= 11 is -2.27. The number of nitrogens with two attached hydrogens (primary N) is 1. The number of nitrogens with one attached hydrogen (secondary N) is 3. The minimum Gasteiger partial charge on any atom is -0.384 e. The van der Waals surface area contributed by atoms with Gasteiger partial charge in [0.15, 0.2) is 0 Å². The molecule has 0 saturated carbocycles. The number of hydrogen-bond donors (Lipinski definition) is 5. The molecule has 1 unspecified atom stereocenters. The second-order valence-corrected chi connectivity index (χ2v) is 8.50. The lowest BCUT2D eigenvalue weighted by atomic mass is 10.0. The summed E-state index contributed by atoms with van der Waals surface area (Å²) in [5.74, 6) is -0.0220. The summed E-state index contributed by atoms with van der Waals surface area (Å²) in [6.45, 7) is 2.98. The highest BCUT2D eigenvalue weighted by Crippen LogP contribution is 2.31. The van der Waals surface area contributed by atoms with Crippen molar-refractivity contribution in [1.82, 2.24) is 4.90 Å². The molecule has 0 bridgehead atoms. The third-order valence-corrected chi connectivity index (χ3v) is 5.63. The van der Waals surface area contributed by atoms with E-state index in [0.29, 0.717) is 30.0 Å². The molecule has 0 aliphatic rings. The van der Waals surface area contributed by atoms with E-state index in [-0.39, 0.29) is 11.9 Å². The number of unbranched alkanes of at least 4 members (excludes halogenated alkanes) is 1. The molecule has 8 nitrogen and oxygen atoms in total. The first-order chi connectivity index (χ1) is 16.4. The van der Waals surface area contributed by atoms with Crippen LogP contribution in [0.3, 0.4) is 0 Å². The lowest BCUT2D eigenvalue weighted by molar-refractivity contribution is 0.208. The van der Waals surface area contributed by atoms with Gasteiger partial charge in [-0.3, -0.25) is 14.7 Å². The molecule has 0 aromatic heterocycles. The normalized spacial score (nSPS) is 11.5. The molecule has 2 amide bonds. The van der Waals surface area contributed by atoms with Crippen molar-refractivity contribution in [2.75, 3.05) is 16.6 Å². The summed E-state index contributed by atoms with van der Waals surface area (Å²) in [6.07, 6.45) is 1.77. The molecule has 1 atom stereocenters. The molecule has 0 fully saturated rings. The lowest BCUT2D eigenvalue weighted by Gasteiger charge is -2.24. The highest BCUT2D eigenvalue weighted by molar-refractivity contribution is 7.80. The Morgan fingerprint density at radius 2 is 1.85 bits per heavy atom. The van der Waals surface area contributed by atoms with Crippen LogP contribution in [0.4, 0.5) is 16.2 Å². The largest absolute Gasteiger partial charge is 0.384 e. The molecule has 0 heterocycles. The van der Waals surface area contributed by atoms with E-state index in [1.54, 1.807) is 29.2 Å². The highest BCUT2D eigenvalue weighted by atomic mass is 32.2. The van der Waals surface area contributed by atoms with E-state index < -0.39 is 11.3 Å². The number of benzene rings is 3. The molecule has 0 aliphatic heterocycles. The Balaban J connectivity index is 1.83. The summed E-state index contributed by atoms with van der Waals surface area (Å²) in [6, 6.07) is 21.7. The quantitative estimate of drug-likeness (QED) is 0.159. The Kier molecular flexibility index (Phi) is 8.78. The van der Waals surface area contributed by atoms with Crippen molar-refractivity contribution in [2.45, 2.75) is 26.3 Å². The van der Waals surface area contributed by atoms with Gasteiger partial charge < -0.3 is 16.0 Å². The van der Waals surface area contributed by atoms with Gasteiger partial charge in [0.25, 0.3) is 11.3 Å². The van der Waals surface area contributed by atoms with Gasteiger partial charge in [0, 0.05) is 29.9 Å². The van der Waals surface area contributed by atoms with Crippen LogP contribution in [-0.2, 0) is 17.8 Å². The van der Waals surface area contributed by atoms with E-state index in [4.69, 9.17) is 11.1 Å². The first-order valence-electron chi connectivity index (χ1n) is 10.9. The van der Waals surface area contributed by atoms with Crippen LogP contribution in [-0.4, -0.2) is 32.1 Å². The van der Waals surface area contributed by atoms with Crippen molar-refractivity contribution in [2.24, 2.45) is 5.73 Å². The van der Waals surface area contributed by atoms with Crippen molar-refractivity contribution in [1.29, 1.82) is 5.41 Å². The van der Waals surface area contributed by atoms with Crippen molar-refractivity contribution >= 4 is 34.5 Å². The van der Waals surface area contributed by atoms with Crippen LogP contribution in [0.1, 0.15) is 30.9 Å². The zero-order chi connectivity index (χ0) is 24.5. The van der Waals surface area contributed by atoms with Gasteiger partial charge in [0.2, 0.25) is 0 Å². The molecular weight excluding hydrogens is 450 g/mol. The number of rotatable bonds is 10. The molecule has 0 aliphatic carbocycles. The SMILES string of the molecule is CCCCN(Cc1cccc(C(=N)N)c1)C(=O)Nc1ccc(-c2ccccc2)c(NS(=O)O)c1. The van der Waals surface area contributed by atoms with Gasteiger partial charge in [-0.2, -0.15) is 0 Å². The number of amides is 2. The Labute approximate surface area is 202 Å². The summed E-state index contributed by atoms with van der Waals surface area (Å²) in [4.78, 5) is 14.8. The summed E-state index contributed by atoms with van der Waals surface area (Å²) < 4.78 is 23.4. The van der Waals surface area contributed by atoms with E-state index in [0.717, 1.165) is 29.5 Å². The Bertz CT molecular complexity index is 1170. The molecular formula is C25H29N5O3S. The van der Waals surface area contributed by atoms with E-state index in [9.17, 15) is 13.6 Å². The smallest absolute Gasteiger partial charge is 0.322 e. The zero-order valence-corrected chi connectivity index (χ0v) is 19.8. The number of carbonyl (C=O) groups is 1. The Morgan fingerprint density at radius 1 is 1.09 bits per heavy atom. The predicted molar refractivity (Wildman–Crippen MR) is 138 cm³/mol. The first kappa shape index (κ1) is 24.9. The van der Waals surface area contributed by atoms with Gasteiger partial charge in [0.1, 0.15) is 5.84 Å². The molecule has 0 spiro atoms. The number of hydrogen-bond acceptors (Lipinski definition) is 3. The fourth-order valence-corrected chi connectivity index (χ4v) is 3.89. The fourth-order valence-electron chi connectivity index (χ4n) is 3.53. The third kappa shape index (κ3) is 6.90. The number of amidine groups is 1. The summed E-state index contributed by atoms with van der Waals surface area (Å²) in [5.41, 5.74) is 9.63. The van der Waals surface area contributed by atoms with Gasteiger partial charge in [0.05, 0.1) is 5.69 Å². The van der Waals surface area contributed by atoms with Crippen LogP contribution in [0.25, 0.3) is 11.1 Å². The monoisotopic (exact) mass is 479 g/mol. The van der Waals surface area contributed by atoms with Crippen LogP contribution >= 0.6 is 0 Å². The van der Waals surface area contributed by atoms with Crippen molar-refractivity contribution in [3.05, 3.63) is 83.9 Å². The fraction of sp³-hybridized carbons (Fsp3) is 0.200. The van der Waals surface area contributed by atoms with Gasteiger partial charge in [-0.1, -0.05) is 67.9 Å². The molecule has 3 rings (SSSR count). The van der Waals surface area contributed by atoms with E-state index in [1.807, 2.05) is 48.5 Å². The average molecular weight is 480 g/mol. The minimum atomic E-state index is -2.27. The Morgan fingerprint density at radius 3 is 2.53 bits per heavy atom. The van der Waals surface area contributed by atoms with E-state index in [2.05, 4.69) is 17.0 Å². The van der Waals surface area contributed by atoms with Crippen LogP contribution in [0.15, 0.2) is 72.8 Å². The third-order valence-electron chi connectivity index (χ3n) is 5.23. The molecule has 9 heteroatoms. The maximum Gasteiger partial charge on any atom is 0.322 e. The maximum absolute atomic E-state index is 13.1. The second kappa shape index (κ2) is 12.0.